The van der Waals surface area contributed by atoms with Crippen LogP contribution in [0, 0.1) is 6.92 Å². The van der Waals surface area contributed by atoms with Crippen LogP contribution in [0.25, 0.3) is 0 Å². The maximum atomic E-state index is 2.36. The lowest BCUT2D eigenvalue weighted by Crippen LogP contribution is -2.08. The first-order valence-electron chi connectivity index (χ1n) is 5.47. The standard InChI is InChI=1S/C13H16/c1-9-5-6-11-8-7-10-3-2-4-12(9)13(10)11/h5-6,10H,2-4,7-8H2,1H3. The predicted molar refractivity (Wildman–Crippen MR) is 55.2 cm³/mol. The van der Waals surface area contributed by atoms with Crippen LogP contribution in [0.4, 0.5) is 0 Å². The fraction of sp³-hybridized carbons (Fsp3) is 0.538. The second-order valence-corrected chi connectivity index (χ2v) is 4.56. The highest BCUT2D eigenvalue weighted by molar-refractivity contribution is 5.47. The van der Waals surface area contributed by atoms with Crippen molar-refractivity contribution in [3.63, 3.8) is 0 Å². The van der Waals surface area contributed by atoms with Crippen molar-refractivity contribution in [2.45, 2.75) is 44.9 Å². The molecule has 2 aliphatic carbocycles. The molecule has 1 aromatic carbocycles. The Morgan fingerprint density at radius 1 is 1.15 bits per heavy atom. The Kier molecular flexibility index (Phi) is 1.52. The quantitative estimate of drug-likeness (QED) is 0.563. The maximum absolute atomic E-state index is 2.36. The van der Waals surface area contributed by atoms with Crippen LogP contribution in [-0.2, 0) is 12.8 Å². The highest BCUT2D eigenvalue weighted by Gasteiger charge is 2.28. The van der Waals surface area contributed by atoms with Crippen molar-refractivity contribution in [1.82, 2.24) is 0 Å². The van der Waals surface area contributed by atoms with Crippen LogP contribution in [0.1, 0.15) is 47.4 Å². The molecule has 0 amide bonds. The fourth-order valence-electron chi connectivity index (χ4n) is 3.17. The Morgan fingerprint density at radius 2 is 2.08 bits per heavy atom. The van der Waals surface area contributed by atoms with Gasteiger partial charge in [-0.15, -0.1) is 0 Å². The number of hydrogen-bond acceptors (Lipinski definition) is 0. The molecule has 0 radical (unpaired) electrons. The maximum Gasteiger partial charge on any atom is -0.0153 e. The van der Waals surface area contributed by atoms with Gasteiger partial charge in [0.1, 0.15) is 0 Å². The summed E-state index contributed by atoms with van der Waals surface area (Å²) in [4.78, 5) is 0. The summed E-state index contributed by atoms with van der Waals surface area (Å²) < 4.78 is 0. The van der Waals surface area contributed by atoms with Crippen molar-refractivity contribution in [2.75, 3.05) is 0 Å². The topological polar surface area (TPSA) is 0 Å². The normalized spacial score (nSPS) is 24.5. The van der Waals surface area contributed by atoms with E-state index in [4.69, 9.17) is 0 Å². The largest absolute Gasteiger partial charge is 0.0588 e. The van der Waals surface area contributed by atoms with Gasteiger partial charge in [-0.3, -0.25) is 0 Å². The summed E-state index contributed by atoms with van der Waals surface area (Å²) >= 11 is 0. The highest BCUT2D eigenvalue weighted by Crippen LogP contribution is 2.43. The van der Waals surface area contributed by atoms with Gasteiger partial charge < -0.3 is 0 Å². The van der Waals surface area contributed by atoms with E-state index in [1.54, 1.807) is 16.7 Å². The third kappa shape index (κ3) is 0.979. The summed E-state index contributed by atoms with van der Waals surface area (Å²) in [5.74, 6) is 0.929. The van der Waals surface area contributed by atoms with Crippen molar-refractivity contribution in [2.24, 2.45) is 0 Å². The van der Waals surface area contributed by atoms with E-state index in [0.717, 1.165) is 5.92 Å². The molecule has 2 aliphatic rings. The molecule has 13 heavy (non-hydrogen) atoms. The van der Waals surface area contributed by atoms with Crippen LogP contribution in [0.2, 0.25) is 0 Å². The number of hydrogen-bond donors (Lipinski definition) is 0. The zero-order valence-electron chi connectivity index (χ0n) is 8.27. The van der Waals surface area contributed by atoms with Crippen LogP contribution >= 0.6 is 0 Å². The molecule has 68 valence electrons. The molecule has 1 unspecified atom stereocenters. The Hall–Kier alpha value is -0.780. The van der Waals surface area contributed by atoms with Crippen LogP contribution < -0.4 is 0 Å². The van der Waals surface area contributed by atoms with Gasteiger partial charge in [-0.25, -0.2) is 0 Å². The lowest BCUT2D eigenvalue weighted by atomic mass is 9.82. The minimum atomic E-state index is 0.929. The summed E-state index contributed by atoms with van der Waals surface area (Å²) in [6.07, 6.45) is 6.97. The van der Waals surface area contributed by atoms with Gasteiger partial charge in [0.2, 0.25) is 0 Å². The molecule has 3 rings (SSSR count). The van der Waals surface area contributed by atoms with Crippen LogP contribution in [0.3, 0.4) is 0 Å². The van der Waals surface area contributed by atoms with E-state index in [9.17, 15) is 0 Å². The minimum Gasteiger partial charge on any atom is -0.0588 e. The van der Waals surface area contributed by atoms with Crippen LogP contribution in [0.5, 0.6) is 0 Å². The summed E-state index contributed by atoms with van der Waals surface area (Å²) in [6, 6.07) is 4.68. The molecule has 1 aromatic rings. The Balaban J connectivity index is 2.26. The molecule has 0 aliphatic heterocycles. The smallest absolute Gasteiger partial charge is 0.0153 e. The highest BCUT2D eigenvalue weighted by atomic mass is 14.3. The third-order valence-corrected chi connectivity index (χ3v) is 3.83. The molecule has 0 bridgehead atoms. The van der Waals surface area contributed by atoms with Gasteiger partial charge in [-0.2, -0.15) is 0 Å². The first-order chi connectivity index (χ1) is 6.36. The van der Waals surface area contributed by atoms with E-state index in [0.29, 0.717) is 0 Å². The zero-order valence-corrected chi connectivity index (χ0v) is 8.27. The predicted octanol–water partition coefficient (Wildman–Crippen LogP) is 3.36. The van der Waals surface area contributed by atoms with Gasteiger partial charge in [-0.05, 0) is 67.2 Å². The SMILES string of the molecule is Cc1ccc2c3c1CCCC3CC2. The second kappa shape index (κ2) is 2.60. The van der Waals surface area contributed by atoms with Gasteiger partial charge in [-0.1, -0.05) is 12.1 Å². The molecule has 0 N–H and O–H groups in total. The van der Waals surface area contributed by atoms with Crippen molar-refractivity contribution in [3.05, 3.63) is 34.4 Å². The third-order valence-electron chi connectivity index (χ3n) is 3.83. The van der Waals surface area contributed by atoms with Gasteiger partial charge >= 0.3 is 0 Å². The van der Waals surface area contributed by atoms with Crippen molar-refractivity contribution in [3.8, 4) is 0 Å². The molecule has 0 heteroatoms. The Morgan fingerprint density at radius 3 is 3.00 bits per heavy atom. The molecule has 1 atom stereocenters. The fourth-order valence-corrected chi connectivity index (χ4v) is 3.17. The number of benzene rings is 1. The molecule has 0 fully saturated rings. The van der Waals surface area contributed by atoms with Gasteiger partial charge in [0.05, 0.1) is 0 Å². The molecule has 0 heterocycles. The average molecular weight is 172 g/mol. The summed E-state index contributed by atoms with van der Waals surface area (Å²) in [5.41, 5.74) is 6.65. The summed E-state index contributed by atoms with van der Waals surface area (Å²) in [5, 5.41) is 0. The van der Waals surface area contributed by atoms with Crippen molar-refractivity contribution in [1.29, 1.82) is 0 Å². The van der Waals surface area contributed by atoms with Gasteiger partial charge in [0, 0.05) is 0 Å². The van der Waals surface area contributed by atoms with E-state index in [1.165, 1.54) is 37.7 Å². The zero-order chi connectivity index (χ0) is 8.84. The summed E-state index contributed by atoms with van der Waals surface area (Å²) in [7, 11) is 0. The molecular formula is C13H16. The lowest BCUT2D eigenvalue weighted by molar-refractivity contribution is 0.553. The molecular weight excluding hydrogens is 156 g/mol. The van der Waals surface area contributed by atoms with E-state index < -0.39 is 0 Å². The number of rotatable bonds is 0. The summed E-state index contributed by atoms with van der Waals surface area (Å²) in [6.45, 7) is 2.27. The molecule has 0 nitrogen and oxygen atoms in total. The first kappa shape index (κ1) is 7.61. The van der Waals surface area contributed by atoms with E-state index in [-0.39, 0.29) is 0 Å². The van der Waals surface area contributed by atoms with Gasteiger partial charge in [0.15, 0.2) is 0 Å². The second-order valence-electron chi connectivity index (χ2n) is 4.56. The van der Waals surface area contributed by atoms with Crippen LogP contribution in [0.15, 0.2) is 12.1 Å². The Bertz CT molecular complexity index is 349. The minimum absolute atomic E-state index is 0.929. The van der Waals surface area contributed by atoms with Gasteiger partial charge in [0.25, 0.3) is 0 Å². The molecule has 0 spiro atoms. The monoisotopic (exact) mass is 172 g/mol. The Labute approximate surface area is 80.0 Å². The lowest BCUT2D eigenvalue weighted by Gasteiger charge is -2.23. The van der Waals surface area contributed by atoms with E-state index in [2.05, 4.69) is 19.1 Å². The first-order valence-corrected chi connectivity index (χ1v) is 5.47. The van der Waals surface area contributed by atoms with Crippen molar-refractivity contribution < 1.29 is 0 Å². The van der Waals surface area contributed by atoms with E-state index >= 15 is 0 Å². The van der Waals surface area contributed by atoms with Crippen molar-refractivity contribution >= 4 is 0 Å². The van der Waals surface area contributed by atoms with Crippen LogP contribution in [-0.4, -0.2) is 0 Å². The average Bonchev–Trinajstić information content (AvgIpc) is 2.57. The number of aryl methyl sites for hydroxylation is 2. The molecule has 0 saturated heterocycles. The molecule has 0 aromatic heterocycles. The molecule has 0 saturated carbocycles. The van der Waals surface area contributed by atoms with E-state index in [1.807, 2.05) is 0 Å².